The van der Waals surface area contributed by atoms with Crippen LogP contribution in [-0.4, -0.2) is 16.8 Å². The third-order valence-electron chi connectivity index (χ3n) is 2.72. The summed E-state index contributed by atoms with van der Waals surface area (Å²) >= 11 is 0. The molecule has 0 saturated heterocycles. The Morgan fingerprint density at radius 2 is 1.36 bits per heavy atom. The molecular formula is C12H14N4O4S2. The molecule has 0 aliphatic rings. The van der Waals surface area contributed by atoms with Gasteiger partial charge < -0.3 is 0 Å². The van der Waals surface area contributed by atoms with Gasteiger partial charge in [-0.05, 0) is 36.4 Å². The monoisotopic (exact) mass is 342 g/mol. The minimum Gasteiger partial charge on any atom is -0.232 e. The molecule has 5 N–H and O–H groups in total. The second-order valence-electron chi connectivity index (χ2n) is 4.32. The molecule has 0 amide bonds. The molecule has 0 atom stereocenters. The van der Waals surface area contributed by atoms with Gasteiger partial charge in [-0.2, -0.15) is 0 Å². The van der Waals surface area contributed by atoms with Crippen LogP contribution in [-0.2, 0) is 20.0 Å². The van der Waals surface area contributed by atoms with E-state index in [-0.39, 0.29) is 15.5 Å². The summed E-state index contributed by atoms with van der Waals surface area (Å²) in [6.07, 6.45) is 0. The molecule has 0 heterocycles. The van der Waals surface area contributed by atoms with Gasteiger partial charge >= 0.3 is 0 Å². The Hall–Kier alpha value is -1.98. The lowest BCUT2D eigenvalue weighted by Gasteiger charge is -2.19. The highest BCUT2D eigenvalue weighted by atomic mass is 32.2. The number of anilines is 1. The topological polar surface area (TPSA) is 136 Å². The largest absolute Gasteiger partial charge is 0.258 e. The first-order chi connectivity index (χ1) is 10.2. The van der Waals surface area contributed by atoms with E-state index in [1.54, 1.807) is 18.2 Å². The molecule has 0 unspecified atom stereocenters. The fourth-order valence-corrected chi connectivity index (χ4v) is 3.13. The molecule has 0 spiro atoms. The van der Waals surface area contributed by atoms with Crippen LogP contribution in [0.5, 0.6) is 0 Å². The highest BCUT2D eigenvalue weighted by Gasteiger charge is 2.17. The number of nitrogens with two attached hydrogens (primary N) is 2. The molecule has 2 rings (SSSR count). The standard InChI is InChI=1S/C12H14N4O4S2/c13-16(10-6-8-11(9-7-10)21(14,17)18)15-22(19,20)12-4-2-1-3-5-12/h1-9,15H,13H2,(H2,14,17,18). The predicted octanol–water partition coefficient (Wildman–Crippen LogP) is -0.0924. The van der Waals surface area contributed by atoms with E-state index in [2.05, 4.69) is 4.83 Å². The Labute approximate surface area is 128 Å². The summed E-state index contributed by atoms with van der Waals surface area (Å²) in [4.78, 5) is 2.10. The molecule has 0 saturated carbocycles. The van der Waals surface area contributed by atoms with Crippen LogP contribution in [0.3, 0.4) is 0 Å². The van der Waals surface area contributed by atoms with Gasteiger partial charge in [0.2, 0.25) is 10.0 Å². The van der Waals surface area contributed by atoms with Gasteiger partial charge in [0.15, 0.2) is 0 Å². The molecule has 22 heavy (non-hydrogen) atoms. The normalized spacial score (nSPS) is 12.1. The van der Waals surface area contributed by atoms with Crippen LogP contribution in [0, 0.1) is 0 Å². The SMILES string of the molecule is NN(NS(=O)(=O)c1ccccc1)c1ccc(S(N)(=O)=O)cc1. The number of hydrogen-bond acceptors (Lipinski definition) is 6. The summed E-state index contributed by atoms with van der Waals surface area (Å²) in [6, 6.07) is 12.8. The molecule has 0 radical (unpaired) electrons. The molecule has 118 valence electrons. The Morgan fingerprint density at radius 3 is 1.86 bits per heavy atom. The molecule has 0 aliphatic heterocycles. The summed E-state index contributed by atoms with van der Waals surface area (Å²) in [5.74, 6) is 5.64. The first kappa shape index (κ1) is 16.4. The van der Waals surface area contributed by atoms with Crippen LogP contribution in [0.1, 0.15) is 0 Å². The van der Waals surface area contributed by atoms with Gasteiger partial charge in [0.25, 0.3) is 10.0 Å². The predicted molar refractivity (Wildman–Crippen MR) is 81.2 cm³/mol. The van der Waals surface area contributed by atoms with E-state index in [1.807, 2.05) is 0 Å². The summed E-state index contributed by atoms with van der Waals surface area (Å²) in [7, 11) is -7.66. The van der Waals surface area contributed by atoms with Crippen LogP contribution in [0.2, 0.25) is 0 Å². The molecule has 2 aromatic carbocycles. The number of rotatable bonds is 5. The first-order valence-corrected chi connectivity index (χ1v) is 8.98. The first-order valence-electron chi connectivity index (χ1n) is 5.95. The van der Waals surface area contributed by atoms with E-state index in [1.165, 1.54) is 36.4 Å². The molecule has 0 fully saturated rings. The van der Waals surface area contributed by atoms with Crippen molar-refractivity contribution in [3.8, 4) is 0 Å². The lowest BCUT2D eigenvalue weighted by molar-refractivity contribution is 0.577. The number of nitrogens with one attached hydrogen (secondary N) is 1. The quantitative estimate of drug-likeness (QED) is 0.513. The van der Waals surface area contributed by atoms with Crippen molar-refractivity contribution in [3.05, 3.63) is 54.6 Å². The van der Waals surface area contributed by atoms with Crippen molar-refractivity contribution < 1.29 is 16.8 Å². The van der Waals surface area contributed by atoms with E-state index in [9.17, 15) is 16.8 Å². The minimum absolute atomic E-state index is 0.0478. The number of hydrazine groups is 2. The maximum Gasteiger partial charge on any atom is 0.258 e. The Morgan fingerprint density at radius 1 is 0.818 bits per heavy atom. The van der Waals surface area contributed by atoms with Crippen LogP contribution in [0.15, 0.2) is 64.4 Å². The fraction of sp³-hybridized carbons (Fsp3) is 0. The van der Waals surface area contributed by atoms with E-state index in [0.717, 1.165) is 5.12 Å². The maximum absolute atomic E-state index is 12.1. The Balaban J connectivity index is 2.21. The molecule has 8 nitrogen and oxygen atoms in total. The number of sulfonamides is 2. The zero-order valence-corrected chi connectivity index (χ0v) is 12.9. The van der Waals surface area contributed by atoms with Crippen LogP contribution >= 0.6 is 0 Å². The van der Waals surface area contributed by atoms with Gasteiger partial charge in [-0.25, -0.2) is 32.9 Å². The van der Waals surface area contributed by atoms with Gasteiger partial charge in [-0.3, -0.25) is 0 Å². The Bertz CT molecular complexity index is 850. The second kappa shape index (κ2) is 6.02. The van der Waals surface area contributed by atoms with Crippen molar-refractivity contribution >= 4 is 25.7 Å². The smallest absolute Gasteiger partial charge is 0.232 e. The Kier molecular flexibility index (Phi) is 4.49. The van der Waals surface area contributed by atoms with Crippen molar-refractivity contribution in [2.75, 3.05) is 5.12 Å². The van der Waals surface area contributed by atoms with Crippen LogP contribution in [0.4, 0.5) is 5.69 Å². The number of nitrogens with zero attached hydrogens (tertiary/aromatic N) is 1. The average Bonchev–Trinajstić information content (AvgIpc) is 2.47. The third kappa shape index (κ3) is 3.81. The summed E-state index contributed by atoms with van der Waals surface area (Å²) in [6.45, 7) is 0. The average molecular weight is 342 g/mol. The second-order valence-corrected chi connectivity index (χ2v) is 7.54. The molecule has 0 aliphatic carbocycles. The third-order valence-corrected chi connectivity index (χ3v) is 4.97. The molecular weight excluding hydrogens is 328 g/mol. The lowest BCUT2D eigenvalue weighted by Crippen LogP contribution is -2.47. The zero-order chi connectivity index (χ0) is 16.4. The van der Waals surface area contributed by atoms with E-state index in [4.69, 9.17) is 11.0 Å². The molecule has 0 aromatic heterocycles. The molecule has 0 bridgehead atoms. The van der Waals surface area contributed by atoms with Crippen molar-refractivity contribution in [2.24, 2.45) is 11.0 Å². The zero-order valence-electron chi connectivity index (χ0n) is 11.2. The number of hydrogen-bond donors (Lipinski definition) is 3. The van der Waals surface area contributed by atoms with Gasteiger partial charge in [-0.1, -0.05) is 18.2 Å². The van der Waals surface area contributed by atoms with Crippen molar-refractivity contribution in [1.29, 1.82) is 0 Å². The highest BCUT2D eigenvalue weighted by molar-refractivity contribution is 7.89. The number of benzene rings is 2. The van der Waals surface area contributed by atoms with Crippen LogP contribution in [0.25, 0.3) is 0 Å². The summed E-state index contributed by atoms with van der Waals surface area (Å²) < 4.78 is 46.5. The van der Waals surface area contributed by atoms with Crippen molar-refractivity contribution in [2.45, 2.75) is 9.79 Å². The van der Waals surface area contributed by atoms with Gasteiger partial charge in [-0.15, -0.1) is 4.83 Å². The number of primary sulfonamides is 1. The van der Waals surface area contributed by atoms with Gasteiger partial charge in [0.1, 0.15) is 0 Å². The van der Waals surface area contributed by atoms with Gasteiger partial charge in [0.05, 0.1) is 15.5 Å². The maximum atomic E-state index is 12.1. The van der Waals surface area contributed by atoms with E-state index < -0.39 is 20.0 Å². The molecule has 10 heteroatoms. The van der Waals surface area contributed by atoms with Crippen LogP contribution < -0.4 is 20.9 Å². The van der Waals surface area contributed by atoms with Crippen molar-refractivity contribution in [1.82, 2.24) is 4.83 Å². The summed E-state index contributed by atoms with van der Waals surface area (Å²) in [5.41, 5.74) is 0.243. The molecule has 2 aromatic rings. The lowest BCUT2D eigenvalue weighted by atomic mass is 10.3. The van der Waals surface area contributed by atoms with Gasteiger partial charge in [0, 0.05) is 0 Å². The fourth-order valence-electron chi connectivity index (χ4n) is 1.63. The van der Waals surface area contributed by atoms with Crippen molar-refractivity contribution in [3.63, 3.8) is 0 Å². The van der Waals surface area contributed by atoms with E-state index in [0.29, 0.717) is 0 Å². The highest BCUT2D eigenvalue weighted by Crippen LogP contribution is 2.15. The van der Waals surface area contributed by atoms with E-state index >= 15 is 0 Å². The summed E-state index contributed by atoms with van der Waals surface area (Å²) in [5, 5.41) is 5.75. The minimum atomic E-state index is -3.84.